The van der Waals surface area contributed by atoms with Gasteiger partial charge in [-0.25, -0.2) is 0 Å². The fraction of sp³-hybridized carbons (Fsp3) is 0. The third-order valence-corrected chi connectivity index (χ3v) is 0.920. The van der Waals surface area contributed by atoms with E-state index in [0.29, 0.717) is 0 Å². The zero-order valence-electron chi connectivity index (χ0n) is 4.55. The lowest BCUT2D eigenvalue weighted by Crippen LogP contribution is -1.99. The Labute approximate surface area is 50.4 Å². The van der Waals surface area contributed by atoms with Crippen LogP contribution in [0.2, 0.25) is 0 Å². The van der Waals surface area contributed by atoms with Crippen LogP contribution in [-0.4, -0.2) is 10.3 Å². The highest BCUT2D eigenvalue weighted by Gasteiger charge is 2.04. The van der Waals surface area contributed by atoms with Crippen LogP contribution in [0, 0.1) is 0 Å². The number of hydrogen-bond acceptors (Lipinski definition) is 3. The molecule has 0 aliphatic rings. The second-order valence-corrected chi connectivity index (χ2v) is 1.46. The molecule has 0 saturated carbocycles. The fourth-order valence-corrected chi connectivity index (χ4v) is 0.482. The maximum atomic E-state index is 10.5. The van der Waals surface area contributed by atoms with E-state index in [1.807, 2.05) is 5.16 Å². The van der Waals surface area contributed by atoms with E-state index in [-0.39, 0.29) is 5.56 Å². The molecule has 9 heavy (non-hydrogen) atoms. The summed E-state index contributed by atoms with van der Waals surface area (Å²) in [4.78, 5) is 10.5. The number of hydrogen-bond donors (Lipinski definition) is 2. The molecule has 0 saturated heterocycles. The third-order valence-electron chi connectivity index (χ3n) is 0.920. The lowest BCUT2D eigenvalue weighted by molar-refractivity contribution is 0.275. The molecular formula is C5H5NO3. The van der Waals surface area contributed by atoms with Gasteiger partial charge in [0.15, 0.2) is 0 Å². The lowest BCUT2D eigenvalue weighted by Gasteiger charge is -1.77. The summed E-state index contributed by atoms with van der Waals surface area (Å²) in [5.74, 6) is -0.421. The molecule has 0 spiro atoms. The van der Waals surface area contributed by atoms with E-state index in [9.17, 15) is 4.79 Å². The van der Waals surface area contributed by atoms with Crippen LogP contribution in [0.25, 0.3) is 6.08 Å². The number of rotatable bonds is 1. The molecule has 0 fully saturated rings. The molecule has 0 aromatic carbocycles. The molecule has 0 radical (unpaired) electrons. The van der Waals surface area contributed by atoms with E-state index >= 15 is 0 Å². The molecule has 0 bridgehead atoms. The SMILES string of the molecule is C=Cc1c(O)o[nH]c1=O. The number of aromatic hydroxyl groups is 1. The molecule has 0 amide bonds. The van der Waals surface area contributed by atoms with Crippen molar-refractivity contribution in [3.63, 3.8) is 0 Å². The van der Waals surface area contributed by atoms with Crippen LogP contribution in [0.15, 0.2) is 15.9 Å². The highest BCUT2D eigenvalue weighted by atomic mass is 16.6. The van der Waals surface area contributed by atoms with Crippen molar-refractivity contribution in [2.45, 2.75) is 0 Å². The van der Waals surface area contributed by atoms with E-state index in [1.165, 1.54) is 6.08 Å². The second-order valence-electron chi connectivity index (χ2n) is 1.46. The Morgan fingerprint density at radius 2 is 2.44 bits per heavy atom. The maximum Gasteiger partial charge on any atom is 0.317 e. The first-order chi connectivity index (χ1) is 4.25. The summed E-state index contributed by atoms with van der Waals surface area (Å²) in [6.45, 7) is 3.28. The van der Waals surface area contributed by atoms with Crippen LogP contribution in [0.3, 0.4) is 0 Å². The minimum absolute atomic E-state index is 0.0648. The van der Waals surface area contributed by atoms with Gasteiger partial charge in [-0.3, -0.25) is 4.79 Å². The zero-order chi connectivity index (χ0) is 6.85. The summed E-state index contributed by atoms with van der Waals surface area (Å²) in [5, 5.41) is 10.6. The van der Waals surface area contributed by atoms with Gasteiger partial charge < -0.3 is 9.63 Å². The van der Waals surface area contributed by atoms with Gasteiger partial charge in [-0.1, -0.05) is 6.58 Å². The van der Waals surface area contributed by atoms with E-state index < -0.39 is 11.5 Å². The van der Waals surface area contributed by atoms with Gasteiger partial charge in [0.05, 0.1) is 0 Å². The highest BCUT2D eigenvalue weighted by molar-refractivity contribution is 5.49. The number of aromatic nitrogens is 1. The molecule has 0 atom stereocenters. The van der Waals surface area contributed by atoms with Crippen molar-refractivity contribution in [1.29, 1.82) is 0 Å². The first-order valence-electron chi connectivity index (χ1n) is 2.28. The molecule has 1 aromatic rings. The predicted molar refractivity (Wildman–Crippen MR) is 31.1 cm³/mol. The van der Waals surface area contributed by atoms with Gasteiger partial charge in [0, 0.05) is 0 Å². The smallest absolute Gasteiger partial charge is 0.317 e. The van der Waals surface area contributed by atoms with Crippen molar-refractivity contribution >= 4 is 6.08 Å². The van der Waals surface area contributed by atoms with Crippen LogP contribution in [0.5, 0.6) is 5.95 Å². The van der Waals surface area contributed by atoms with Crippen LogP contribution < -0.4 is 5.56 Å². The van der Waals surface area contributed by atoms with Crippen molar-refractivity contribution in [1.82, 2.24) is 5.16 Å². The fourth-order valence-electron chi connectivity index (χ4n) is 0.482. The minimum Gasteiger partial charge on any atom is -0.479 e. The summed E-state index contributed by atoms with van der Waals surface area (Å²) in [6, 6.07) is 0. The summed E-state index contributed by atoms with van der Waals surface area (Å²) in [6.07, 6.45) is 1.22. The van der Waals surface area contributed by atoms with Crippen LogP contribution in [0.4, 0.5) is 0 Å². The van der Waals surface area contributed by atoms with Crippen molar-refractivity contribution in [2.24, 2.45) is 0 Å². The molecule has 48 valence electrons. The number of H-pyrrole nitrogens is 1. The standard InChI is InChI=1S/C5H5NO3/c1-2-3-4(7)6-9-5(3)8/h2,8H,1H2,(H,6,7). The molecule has 1 rings (SSSR count). The average Bonchev–Trinajstić information content (AvgIpc) is 2.12. The first-order valence-corrected chi connectivity index (χ1v) is 2.28. The van der Waals surface area contributed by atoms with E-state index in [0.717, 1.165) is 0 Å². The quantitative estimate of drug-likeness (QED) is 0.570. The molecule has 1 heterocycles. The topological polar surface area (TPSA) is 66.2 Å². The number of aromatic amines is 1. The summed E-state index contributed by atoms with van der Waals surface area (Å²) in [7, 11) is 0. The van der Waals surface area contributed by atoms with Crippen LogP contribution in [-0.2, 0) is 0 Å². The Hall–Kier alpha value is -1.45. The largest absolute Gasteiger partial charge is 0.479 e. The Morgan fingerprint density at radius 3 is 2.67 bits per heavy atom. The van der Waals surface area contributed by atoms with Gasteiger partial charge in [0.25, 0.3) is 5.56 Å². The molecule has 2 N–H and O–H groups in total. The Morgan fingerprint density at radius 1 is 1.78 bits per heavy atom. The number of nitrogens with one attached hydrogen (secondary N) is 1. The monoisotopic (exact) mass is 127 g/mol. The summed E-state index contributed by atoms with van der Waals surface area (Å²) < 4.78 is 4.23. The van der Waals surface area contributed by atoms with Crippen molar-refractivity contribution in [2.75, 3.05) is 0 Å². The van der Waals surface area contributed by atoms with E-state index in [2.05, 4.69) is 11.1 Å². The maximum absolute atomic E-state index is 10.5. The van der Waals surface area contributed by atoms with Gasteiger partial charge in [0.1, 0.15) is 5.56 Å². The lowest BCUT2D eigenvalue weighted by atomic mass is 10.3. The van der Waals surface area contributed by atoms with Gasteiger partial charge >= 0.3 is 5.95 Å². The zero-order valence-corrected chi connectivity index (χ0v) is 4.55. The average molecular weight is 127 g/mol. The van der Waals surface area contributed by atoms with Crippen LogP contribution >= 0.6 is 0 Å². The van der Waals surface area contributed by atoms with Gasteiger partial charge in [-0.05, 0) is 6.08 Å². The normalized spacial score (nSPS) is 9.33. The van der Waals surface area contributed by atoms with Crippen molar-refractivity contribution in [3.05, 3.63) is 22.5 Å². The van der Waals surface area contributed by atoms with Crippen LogP contribution in [0.1, 0.15) is 5.56 Å². The summed E-state index contributed by atoms with van der Waals surface area (Å²) >= 11 is 0. The molecule has 0 unspecified atom stereocenters. The second kappa shape index (κ2) is 1.81. The van der Waals surface area contributed by atoms with E-state index in [4.69, 9.17) is 5.11 Å². The van der Waals surface area contributed by atoms with Gasteiger partial charge in [-0.2, -0.15) is 5.16 Å². The van der Waals surface area contributed by atoms with Crippen molar-refractivity contribution < 1.29 is 9.63 Å². The Kier molecular flexibility index (Phi) is 1.14. The molecule has 0 aliphatic carbocycles. The van der Waals surface area contributed by atoms with E-state index in [1.54, 1.807) is 0 Å². The molecule has 1 aromatic heterocycles. The highest BCUT2D eigenvalue weighted by Crippen LogP contribution is 2.10. The Balaban J connectivity index is 3.40. The third kappa shape index (κ3) is 0.739. The Bertz CT molecular complexity index is 270. The van der Waals surface area contributed by atoms with Gasteiger partial charge in [-0.15, -0.1) is 0 Å². The molecular weight excluding hydrogens is 122 g/mol. The predicted octanol–water partition coefficient (Wildman–Crippen LogP) is 0.317. The first kappa shape index (κ1) is 5.68. The van der Waals surface area contributed by atoms with Gasteiger partial charge in [0.2, 0.25) is 0 Å². The minimum atomic E-state index is -0.470. The van der Waals surface area contributed by atoms with Crippen molar-refractivity contribution in [3.8, 4) is 5.95 Å². The molecule has 4 heteroatoms. The molecule has 0 aliphatic heterocycles. The summed E-state index contributed by atoms with van der Waals surface area (Å²) in [5.41, 5.74) is -0.405. The molecule has 4 nitrogen and oxygen atoms in total.